The molecule has 1 saturated carbocycles. The van der Waals surface area contributed by atoms with Gasteiger partial charge in [0.05, 0.1) is 5.60 Å². The Morgan fingerprint density at radius 2 is 1.85 bits per heavy atom. The van der Waals surface area contributed by atoms with Crippen LogP contribution in [0.25, 0.3) is 0 Å². The Morgan fingerprint density at radius 1 is 1.10 bits per heavy atom. The van der Waals surface area contributed by atoms with E-state index in [0.717, 1.165) is 32.1 Å². The van der Waals surface area contributed by atoms with Gasteiger partial charge in [-0.05, 0) is 37.7 Å². The molecule has 0 heterocycles. The Labute approximate surface area is 121 Å². The minimum Gasteiger partial charge on any atom is -0.396 e. The van der Waals surface area contributed by atoms with Gasteiger partial charge < -0.3 is 10.2 Å². The quantitative estimate of drug-likeness (QED) is 0.830. The monoisotopic (exact) mass is 272 g/mol. The van der Waals surface area contributed by atoms with Crippen LogP contribution in [0.5, 0.6) is 0 Å². The molecule has 1 aromatic rings. The summed E-state index contributed by atoms with van der Waals surface area (Å²) in [5, 5.41) is 21.0. The topological polar surface area (TPSA) is 40.5 Å². The standard InChI is InChI=1S/C18H24O2/c19-14-16-9-6-11-17(10-4-5-12-18(16,17)20)13-15-7-2-1-3-8-15/h1-5,7-8,16,19-20H,6,9-14H2/t16-,17-,18+/m1/s1. The zero-order valence-corrected chi connectivity index (χ0v) is 12.0. The molecule has 2 aliphatic carbocycles. The molecule has 0 aliphatic heterocycles. The van der Waals surface area contributed by atoms with Gasteiger partial charge in [0.1, 0.15) is 0 Å². The summed E-state index contributed by atoms with van der Waals surface area (Å²) in [6, 6.07) is 10.5. The van der Waals surface area contributed by atoms with Crippen LogP contribution in [0.4, 0.5) is 0 Å². The highest BCUT2D eigenvalue weighted by atomic mass is 16.3. The fourth-order valence-electron chi connectivity index (χ4n) is 4.35. The van der Waals surface area contributed by atoms with Crippen LogP contribution in [0, 0.1) is 11.3 Å². The summed E-state index contributed by atoms with van der Waals surface area (Å²) < 4.78 is 0. The lowest BCUT2D eigenvalue weighted by atomic mass is 9.52. The summed E-state index contributed by atoms with van der Waals surface area (Å²) in [6.07, 6.45) is 9.93. The van der Waals surface area contributed by atoms with Gasteiger partial charge in [0.25, 0.3) is 0 Å². The minimum atomic E-state index is -0.745. The summed E-state index contributed by atoms with van der Waals surface area (Å²) in [6.45, 7) is 0.0981. The van der Waals surface area contributed by atoms with Crippen LogP contribution >= 0.6 is 0 Å². The number of aliphatic hydroxyl groups is 2. The van der Waals surface area contributed by atoms with E-state index in [9.17, 15) is 10.2 Å². The van der Waals surface area contributed by atoms with Crippen molar-refractivity contribution < 1.29 is 10.2 Å². The summed E-state index contributed by atoms with van der Waals surface area (Å²) >= 11 is 0. The predicted octanol–water partition coefficient (Wildman–Crippen LogP) is 3.09. The lowest BCUT2D eigenvalue weighted by Gasteiger charge is -2.56. The SMILES string of the molecule is OC[C@H]1CCC[C@@]2(Cc3ccccc3)CC=CC[C@]12O. The smallest absolute Gasteiger partial charge is 0.0793 e. The van der Waals surface area contributed by atoms with Gasteiger partial charge in [-0.1, -0.05) is 48.9 Å². The van der Waals surface area contributed by atoms with Gasteiger partial charge in [-0.3, -0.25) is 0 Å². The second kappa shape index (κ2) is 5.34. The lowest BCUT2D eigenvalue weighted by molar-refractivity contribution is -0.165. The summed E-state index contributed by atoms with van der Waals surface area (Å²) in [7, 11) is 0. The van der Waals surface area contributed by atoms with E-state index in [1.807, 2.05) is 6.07 Å². The normalized spacial score (nSPS) is 36.6. The number of hydrogen-bond acceptors (Lipinski definition) is 2. The first-order chi connectivity index (χ1) is 9.70. The van der Waals surface area contributed by atoms with Gasteiger partial charge in [0.15, 0.2) is 0 Å². The average Bonchev–Trinajstić information content (AvgIpc) is 2.48. The third-order valence-corrected chi connectivity index (χ3v) is 5.51. The Kier molecular flexibility index (Phi) is 3.70. The molecule has 2 N–H and O–H groups in total. The van der Waals surface area contributed by atoms with Crippen molar-refractivity contribution in [1.29, 1.82) is 0 Å². The fourth-order valence-corrected chi connectivity index (χ4v) is 4.35. The maximum absolute atomic E-state index is 11.4. The van der Waals surface area contributed by atoms with Gasteiger partial charge >= 0.3 is 0 Å². The Balaban J connectivity index is 1.96. The van der Waals surface area contributed by atoms with Crippen LogP contribution in [-0.4, -0.2) is 22.4 Å². The molecule has 0 spiro atoms. The van der Waals surface area contributed by atoms with Crippen molar-refractivity contribution in [2.75, 3.05) is 6.61 Å². The molecule has 1 fully saturated rings. The van der Waals surface area contributed by atoms with E-state index in [1.165, 1.54) is 5.56 Å². The third-order valence-electron chi connectivity index (χ3n) is 5.51. The highest BCUT2D eigenvalue weighted by molar-refractivity contribution is 5.23. The van der Waals surface area contributed by atoms with Crippen LogP contribution in [0.2, 0.25) is 0 Å². The maximum atomic E-state index is 11.4. The van der Waals surface area contributed by atoms with Gasteiger partial charge in [0.2, 0.25) is 0 Å². The molecular weight excluding hydrogens is 248 g/mol. The zero-order chi connectivity index (χ0) is 14.1. The molecule has 0 saturated heterocycles. The molecule has 0 aromatic heterocycles. The number of hydrogen-bond donors (Lipinski definition) is 2. The Bertz CT molecular complexity index is 481. The number of benzene rings is 1. The highest BCUT2D eigenvalue weighted by Crippen LogP contribution is 2.55. The van der Waals surface area contributed by atoms with Gasteiger partial charge in [-0.25, -0.2) is 0 Å². The second-order valence-corrected chi connectivity index (χ2v) is 6.52. The van der Waals surface area contributed by atoms with Crippen molar-refractivity contribution in [3.05, 3.63) is 48.0 Å². The van der Waals surface area contributed by atoms with Crippen LogP contribution in [0.3, 0.4) is 0 Å². The summed E-state index contributed by atoms with van der Waals surface area (Å²) in [5.41, 5.74) is 0.444. The van der Waals surface area contributed by atoms with Crippen LogP contribution in [0.1, 0.15) is 37.7 Å². The number of allylic oxidation sites excluding steroid dienone is 1. The summed E-state index contributed by atoms with van der Waals surface area (Å²) in [4.78, 5) is 0. The van der Waals surface area contributed by atoms with Crippen LogP contribution in [0.15, 0.2) is 42.5 Å². The Hall–Kier alpha value is -1.12. The van der Waals surface area contributed by atoms with E-state index < -0.39 is 5.60 Å². The molecular formula is C18H24O2. The van der Waals surface area contributed by atoms with Gasteiger partial charge in [-0.2, -0.15) is 0 Å². The molecule has 0 unspecified atom stereocenters. The second-order valence-electron chi connectivity index (χ2n) is 6.52. The van der Waals surface area contributed by atoms with E-state index in [-0.39, 0.29) is 17.9 Å². The molecule has 2 aliphatic rings. The molecule has 0 amide bonds. The van der Waals surface area contributed by atoms with E-state index in [0.29, 0.717) is 6.42 Å². The predicted molar refractivity (Wildman–Crippen MR) is 80.3 cm³/mol. The van der Waals surface area contributed by atoms with E-state index in [1.54, 1.807) is 0 Å². The third kappa shape index (κ3) is 2.11. The average molecular weight is 272 g/mol. The van der Waals surface area contributed by atoms with E-state index >= 15 is 0 Å². The zero-order valence-electron chi connectivity index (χ0n) is 12.0. The number of fused-ring (bicyclic) bond motifs is 1. The Morgan fingerprint density at radius 3 is 2.60 bits per heavy atom. The van der Waals surface area contributed by atoms with E-state index in [2.05, 4.69) is 36.4 Å². The first kappa shape index (κ1) is 13.8. The maximum Gasteiger partial charge on any atom is 0.0793 e. The van der Waals surface area contributed by atoms with Crippen molar-refractivity contribution in [2.45, 2.75) is 44.1 Å². The molecule has 0 bridgehead atoms. The van der Waals surface area contributed by atoms with Gasteiger partial charge in [-0.15, -0.1) is 0 Å². The van der Waals surface area contributed by atoms with Crippen molar-refractivity contribution in [3.63, 3.8) is 0 Å². The first-order valence-electron chi connectivity index (χ1n) is 7.72. The first-order valence-corrected chi connectivity index (χ1v) is 7.72. The van der Waals surface area contributed by atoms with Crippen molar-refractivity contribution in [3.8, 4) is 0 Å². The van der Waals surface area contributed by atoms with Crippen molar-refractivity contribution in [1.82, 2.24) is 0 Å². The number of aliphatic hydroxyl groups excluding tert-OH is 1. The molecule has 20 heavy (non-hydrogen) atoms. The van der Waals surface area contributed by atoms with Crippen LogP contribution in [-0.2, 0) is 6.42 Å². The van der Waals surface area contributed by atoms with Gasteiger partial charge in [0, 0.05) is 17.9 Å². The molecule has 3 rings (SSSR count). The fraction of sp³-hybridized carbons (Fsp3) is 0.556. The molecule has 0 radical (unpaired) electrons. The van der Waals surface area contributed by atoms with Crippen LogP contribution < -0.4 is 0 Å². The molecule has 2 heteroatoms. The molecule has 3 atom stereocenters. The van der Waals surface area contributed by atoms with Crippen molar-refractivity contribution >= 4 is 0 Å². The molecule has 1 aromatic carbocycles. The molecule has 2 nitrogen and oxygen atoms in total. The largest absolute Gasteiger partial charge is 0.396 e. The number of rotatable bonds is 3. The van der Waals surface area contributed by atoms with E-state index in [4.69, 9.17) is 0 Å². The lowest BCUT2D eigenvalue weighted by Crippen LogP contribution is -2.58. The minimum absolute atomic E-state index is 0.0184. The summed E-state index contributed by atoms with van der Waals surface area (Å²) in [5.74, 6) is 0.0184. The molecule has 108 valence electrons. The highest BCUT2D eigenvalue weighted by Gasteiger charge is 2.55. The van der Waals surface area contributed by atoms with Crippen molar-refractivity contribution in [2.24, 2.45) is 11.3 Å².